The molecule has 2 N–H and O–H groups in total. The Balaban J connectivity index is 0.00000676. The molecule has 0 aromatic rings. The highest BCUT2D eigenvalue weighted by Gasteiger charge is 2.28. The van der Waals surface area contributed by atoms with Crippen LogP contribution in [0, 0.1) is 0 Å². The quantitative estimate of drug-likeness (QED) is 0.330. The van der Waals surface area contributed by atoms with Crippen LogP contribution in [0.15, 0.2) is 4.99 Å². The molecule has 27 heavy (non-hydrogen) atoms. The lowest BCUT2D eigenvalue weighted by atomic mass is 10.0. The van der Waals surface area contributed by atoms with Crippen LogP contribution in [0.4, 0.5) is 4.79 Å². The van der Waals surface area contributed by atoms with Gasteiger partial charge < -0.3 is 25.0 Å². The van der Waals surface area contributed by atoms with Crippen LogP contribution in [0.2, 0.25) is 0 Å². The van der Waals surface area contributed by atoms with Crippen LogP contribution in [0.25, 0.3) is 0 Å². The second kappa shape index (κ2) is 11.9. The average Bonchev–Trinajstić information content (AvgIpc) is 2.57. The number of guanidine groups is 1. The van der Waals surface area contributed by atoms with E-state index in [4.69, 9.17) is 9.47 Å². The van der Waals surface area contributed by atoms with Crippen LogP contribution in [0.5, 0.6) is 0 Å². The average molecular weight is 499 g/mol. The summed E-state index contributed by atoms with van der Waals surface area (Å²) in [6.45, 7) is 15.4. The topological polar surface area (TPSA) is 78.4 Å². The number of likely N-dealkylation sites (N-methyl/N-ethyl adjacent to an activating group) is 1. The molecule has 0 unspecified atom stereocenters. The molecule has 0 radical (unpaired) electrons. The molecule has 1 aliphatic rings. The van der Waals surface area contributed by atoms with Gasteiger partial charge in [0.1, 0.15) is 5.60 Å². The van der Waals surface area contributed by atoms with Gasteiger partial charge in [-0.05, 0) is 34.6 Å². The van der Waals surface area contributed by atoms with E-state index in [-0.39, 0.29) is 35.6 Å². The summed E-state index contributed by atoms with van der Waals surface area (Å²) < 4.78 is 10.8. The molecular weight excluding hydrogens is 461 g/mol. The number of ether oxygens (including phenoxy) is 2. The number of halogens is 1. The Kier molecular flexibility index (Phi) is 11.5. The lowest BCUT2D eigenvalue weighted by molar-refractivity contribution is -0.00834. The van der Waals surface area contributed by atoms with E-state index < -0.39 is 5.60 Å². The van der Waals surface area contributed by atoms with Crippen molar-refractivity contribution in [3.8, 4) is 0 Å². The number of nitrogens with zero attached hydrogens (tertiary/aromatic N) is 3. The Morgan fingerprint density at radius 2 is 1.78 bits per heavy atom. The third-order valence-electron chi connectivity index (χ3n) is 4.22. The number of hydrogen-bond donors (Lipinski definition) is 2. The number of hydrogen-bond acceptors (Lipinski definition) is 5. The van der Waals surface area contributed by atoms with Gasteiger partial charge in [0, 0.05) is 52.4 Å². The highest BCUT2D eigenvalue weighted by Crippen LogP contribution is 2.15. The van der Waals surface area contributed by atoms with Crippen LogP contribution >= 0.6 is 24.0 Å². The molecule has 9 heteroatoms. The van der Waals surface area contributed by atoms with Gasteiger partial charge in [0.25, 0.3) is 0 Å². The molecular formula is C18H38IN5O3. The molecule has 1 aliphatic heterocycles. The number of morpholine rings is 1. The number of amides is 1. The number of nitrogens with one attached hydrogen (secondary N) is 2. The summed E-state index contributed by atoms with van der Waals surface area (Å²) in [4.78, 5) is 20.2. The summed E-state index contributed by atoms with van der Waals surface area (Å²) >= 11 is 0. The SMILES string of the molecule is CN=C(NCCN(C)C(=O)OC(C)(C)C)NCC(C)(C)N1CCOCC1.I. The van der Waals surface area contributed by atoms with Crippen molar-refractivity contribution in [2.75, 3.05) is 60.0 Å². The summed E-state index contributed by atoms with van der Waals surface area (Å²) in [5, 5.41) is 6.61. The van der Waals surface area contributed by atoms with Gasteiger partial charge >= 0.3 is 6.09 Å². The molecule has 160 valence electrons. The van der Waals surface area contributed by atoms with Crippen LogP contribution in [-0.4, -0.2) is 93.0 Å². The molecule has 0 spiro atoms. The Labute approximate surface area is 181 Å². The monoisotopic (exact) mass is 499 g/mol. The van der Waals surface area contributed by atoms with Crippen molar-refractivity contribution in [3.05, 3.63) is 0 Å². The first-order chi connectivity index (χ1) is 12.0. The predicted molar refractivity (Wildman–Crippen MR) is 120 cm³/mol. The molecule has 1 saturated heterocycles. The minimum atomic E-state index is -0.485. The predicted octanol–water partition coefficient (Wildman–Crippen LogP) is 1.75. The zero-order chi connectivity index (χ0) is 19.8. The van der Waals surface area contributed by atoms with E-state index in [1.807, 2.05) is 20.8 Å². The highest BCUT2D eigenvalue weighted by atomic mass is 127. The fourth-order valence-corrected chi connectivity index (χ4v) is 2.57. The summed E-state index contributed by atoms with van der Waals surface area (Å²) in [6, 6.07) is 0. The Morgan fingerprint density at radius 3 is 2.30 bits per heavy atom. The van der Waals surface area contributed by atoms with Crippen LogP contribution in [0.1, 0.15) is 34.6 Å². The molecule has 1 rings (SSSR count). The lowest BCUT2D eigenvalue weighted by Gasteiger charge is -2.41. The molecule has 1 amide bonds. The number of carbonyl (C=O) groups excluding carboxylic acids is 1. The number of aliphatic imine (C=N–C) groups is 1. The van der Waals surface area contributed by atoms with Crippen molar-refractivity contribution in [3.63, 3.8) is 0 Å². The number of rotatable bonds is 6. The van der Waals surface area contributed by atoms with Gasteiger partial charge in [0.2, 0.25) is 0 Å². The molecule has 1 heterocycles. The summed E-state index contributed by atoms with van der Waals surface area (Å²) in [6.07, 6.45) is -0.323. The van der Waals surface area contributed by atoms with E-state index >= 15 is 0 Å². The van der Waals surface area contributed by atoms with E-state index in [2.05, 4.69) is 34.4 Å². The van der Waals surface area contributed by atoms with Crippen molar-refractivity contribution >= 4 is 36.0 Å². The molecule has 1 fully saturated rings. The maximum atomic E-state index is 12.0. The maximum absolute atomic E-state index is 12.0. The van der Waals surface area contributed by atoms with Crippen molar-refractivity contribution in [1.29, 1.82) is 0 Å². The number of carbonyl (C=O) groups is 1. The van der Waals surface area contributed by atoms with Gasteiger partial charge in [0.05, 0.1) is 13.2 Å². The van der Waals surface area contributed by atoms with E-state index in [1.54, 1.807) is 19.0 Å². The second-order valence-electron chi connectivity index (χ2n) is 8.17. The van der Waals surface area contributed by atoms with Gasteiger partial charge in [0.15, 0.2) is 5.96 Å². The smallest absolute Gasteiger partial charge is 0.410 e. The molecule has 0 bridgehead atoms. The molecule has 0 aromatic heterocycles. The van der Waals surface area contributed by atoms with Gasteiger partial charge in [-0.15, -0.1) is 24.0 Å². The fourth-order valence-electron chi connectivity index (χ4n) is 2.57. The third kappa shape index (κ3) is 10.3. The first-order valence-corrected chi connectivity index (χ1v) is 9.26. The third-order valence-corrected chi connectivity index (χ3v) is 4.22. The zero-order valence-corrected chi connectivity index (χ0v) is 20.3. The Hall–Kier alpha value is -0.810. The van der Waals surface area contributed by atoms with E-state index in [9.17, 15) is 4.79 Å². The first kappa shape index (κ1) is 26.2. The summed E-state index contributed by atoms with van der Waals surface area (Å²) in [5.74, 6) is 0.726. The fraction of sp³-hybridized carbons (Fsp3) is 0.889. The summed E-state index contributed by atoms with van der Waals surface area (Å²) in [7, 11) is 3.47. The van der Waals surface area contributed by atoms with Gasteiger partial charge in [-0.1, -0.05) is 0 Å². The normalized spacial score (nSPS) is 16.3. The van der Waals surface area contributed by atoms with Gasteiger partial charge in [-0.25, -0.2) is 4.79 Å². The maximum Gasteiger partial charge on any atom is 0.410 e. The molecule has 0 aromatic carbocycles. The van der Waals surface area contributed by atoms with E-state index in [1.165, 1.54) is 0 Å². The lowest BCUT2D eigenvalue weighted by Crippen LogP contribution is -2.56. The summed E-state index contributed by atoms with van der Waals surface area (Å²) in [5.41, 5.74) is -0.476. The van der Waals surface area contributed by atoms with Crippen molar-refractivity contribution in [2.24, 2.45) is 4.99 Å². The van der Waals surface area contributed by atoms with Crippen LogP contribution in [-0.2, 0) is 9.47 Å². The minimum absolute atomic E-state index is 0. The van der Waals surface area contributed by atoms with Crippen molar-refractivity contribution in [2.45, 2.75) is 45.8 Å². The molecule has 0 aliphatic carbocycles. The van der Waals surface area contributed by atoms with E-state index in [0.29, 0.717) is 13.1 Å². The minimum Gasteiger partial charge on any atom is -0.444 e. The zero-order valence-electron chi connectivity index (χ0n) is 17.9. The second-order valence-corrected chi connectivity index (χ2v) is 8.17. The molecule has 8 nitrogen and oxygen atoms in total. The largest absolute Gasteiger partial charge is 0.444 e. The highest BCUT2D eigenvalue weighted by molar-refractivity contribution is 14.0. The molecule has 0 saturated carbocycles. The van der Waals surface area contributed by atoms with Crippen molar-refractivity contribution in [1.82, 2.24) is 20.4 Å². The van der Waals surface area contributed by atoms with Gasteiger partial charge in [-0.3, -0.25) is 9.89 Å². The standard InChI is InChI=1S/C18H37N5O3.HI/c1-17(2,3)26-16(24)22(7)9-8-20-15(19-6)21-14-18(4,5)23-10-12-25-13-11-23;/h8-14H2,1-7H3,(H2,19,20,21);1H. The van der Waals surface area contributed by atoms with E-state index in [0.717, 1.165) is 38.8 Å². The Bertz CT molecular complexity index is 474. The van der Waals surface area contributed by atoms with Crippen LogP contribution < -0.4 is 10.6 Å². The van der Waals surface area contributed by atoms with Gasteiger partial charge in [-0.2, -0.15) is 0 Å². The van der Waals surface area contributed by atoms with Crippen LogP contribution in [0.3, 0.4) is 0 Å². The van der Waals surface area contributed by atoms with Crippen molar-refractivity contribution < 1.29 is 14.3 Å². The first-order valence-electron chi connectivity index (χ1n) is 9.26. The molecule has 0 atom stereocenters. The Morgan fingerprint density at radius 1 is 1.19 bits per heavy atom.